The molecule has 0 fully saturated rings. The highest BCUT2D eigenvalue weighted by Crippen LogP contribution is 2.18. The predicted molar refractivity (Wildman–Crippen MR) is 353 cm³/mol. The van der Waals surface area contributed by atoms with Gasteiger partial charge in [0, 0.05) is 19.3 Å². The molecule has 0 bridgehead atoms. The van der Waals surface area contributed by atoms with Crippen LogP contribution in [-0.4, -0.2) is 37.2 Å². The van der Waals surface area contributed by atoms with E-state index in [1.54, 1.807) is 0 Å². The summed E-state index contributed by atoms with van der Waals surface area (Å²) in [6.45, 7) is 6.54. The topological polar surface area (TPSA) is 78.9 Å². The highest BCUT2D eigenvalue weighted by atomic mass is 16.6. The van der Waals surface area contributed by atoms with Gasteiger partial charge in [0.25, 0.3) is 0 Å². The third kappa shape index (κ3) is 67.5. The van der Waals surface area contributed by atoms with E-state index in [-0.39, 0.29) is 37.5 Å². The van der Waals surface area contributed by atoms with Crippen molar-refractivity contribution >= 4 is 17.9 Å². The Hall–Kier alpha value is -3.15. The van der Waals surface area contributed by atoms with Crippen LogP contribution in [0.3, 0.4) is 0 Å². The molecule has 470 valence electrons. The van der Waals surface area contributed by atoms with Gasteiger partial charge in [-0.1, -0.05) is 351 Å². The first-order chi connectivity index (χ1) is 40.0. The minimum atomic E-state index is -0.797. The number of hydrogen-bond acceptors (Lipinski definition) is 6. The largest absolute Gasteiger partial charge is 0.462 e. The molecule has 0 rings (SSSR count). The number of rotatable bonds is 65. The second-order valence-electron chi connectivity index (χ2n) is 23.8. The summed E-state index contributed by atoms with van der Waals surface area (Å²) in [4.78, 5) is 38.3. The second-order valence-corrected chi connectivity index (χ2v) is 23.8. The first-order valence-electron chi connectivity index (χ1n) is 35.4. The summed E-state index contributed by atoms with van der Waals surface area (Å²) in [6, 6.07) is 0. The molecule has 0 aromatic heterocycles. The van der Waals surface area contributed by atoms with Crippen LogP contribution in [0.15, 0.2) is 72.9 Å². The van der Waals surface area contributed by atoms with E-state index in [2.05, 4.69) is 93.7 Å². The number of allylic oxidation sites excluding steroid dienone is 12. The van der Waals surface area contributed by atoms with E-state index in [0.29, 0.717) is 19.3 Å². The van der Waals surface area contributed by atoms with Crippen LogP contribution in [0.1, 0.15) is 367 Å². The zero-order chi connectivity index (χ0) is 58.5. The summed E-state index contributed by atoms with van der Waals surface area (Å²) < 4.78 is 16.9. The van der Waals surface area contributed by atoms with Gasteiger partial charge >= 0.3 is 17.9 Å². The number of unbranched alkanes of at least 4 members (excludes halogenated alkanes) is 42. The van der Waals surface area contributed by atoms with Gasteiger partial charge in [-0.15, -0.1) is 0 Å². The Morgan fingerprint density at radius 1 is 0.259 bits per heavy atom. The lowest BCUT2D eigenvalue weighted by Gasteiger charge is -2.18. The van der Waals surface area contributed by atoms with Crippen LogP contribution < -0.4 is 0 Å². The highest BCUT2D eigenvalue weighted by Gasteiger charge is 2.19. The molecule has 0 saturated carbocycles. The Morgan fingerprint density at radius 2 is 0.481 bits per heavy atom. The fourth-order valence-electron chi connectivity index (χ4n) is 10.5. The van der Waals surface area contributed by atoms with E-state index in [0.717, 1.165) is 89.9 Å². The Kier molecular flexibility index (Phi) is 66.6. The van der Waals surface area contributed by atoms with Crippen LogP contribution in [0.5, 0.6) is 0 Å². The molecular weight excluding hydrogens is 997 g/mol. The fourth-order valence-corrected chi connectivity index (χ4v) is 10.5. The van der Waals surface area contributed by atoms with Crippen LogP contribution in [0.2, 0.25) is 0 Å². The van der Waals surface area contributed by atoms with Gasteiger partial charge in [-0.3, -0.25) is 14.4 Å². The van der Waals surface area contributed by atoms with Gasteiger partial charge in [0.15, 0.2) is 6.10 Å². The van der Waals surface area contributed by atoms with E-state index < -0.39 is 6.10 Å². The maximum Gasteiger partial charge on any atom is 0.306 e. The van der Waals surface area contributed by atoms with Crippen molar-refractivity contribution in [2.45, 2.75) is 374 Å². The summed E-state index contributed by atoms with van der Waals surface area (Å²) in [7, 11) is 0. The van der Waals surface area contributed by atoms with E-state index in [4.69, 9.17) is 14.2 Å². The Labute approximate surface area is 503 Å². The lowest BCUT2D eigenvalue weighted by atomic mass is 10.0. The molecule has 0 amide bonds. The Bertz CT molecular complexity index is 1490. The molecule has 6 nitrogen and oxygen atoms in total. The van der Waals surface area contributed by atoms with Crippen molar-refractivity contribution in [3.63, 3.8) is 0 Å². The molecule has 6 heteroatoms. The Balaban J connectivity index is 4.19. The molecule has 0 aliphatic carbocycles. The minimum Gasteiger partial charge on any atom is -0.462 e. The average Bonchev–Trinajstić information content (AvgIpc) is 3.47. The normalized spacial score (nSPS) is 12.5. The number of ether oxygens (including phenoxy) is 3. The molecule has 0 aliphatic heterocycles. The van der Waals surface area contributed by atoms with Crippen LogP contribution >= 0.6 is 0 Å². The van der Waals surface area contributed by atoms with E-state index >= 15 is 0 Å². The average molecular weight is 1130 g/mol. The van der Waals surface area contributed by atoms with E-state index in [1.165, 1.54) is 231 Å². The van der Waals surface area contributed by atoms with Crippen LogP contribution in [0.25, 0.3) is 0 Å². The Morgan fingerprint density at radius 3 is 0.753 bits per heavy atom. The molecule has 0 heterocycles. The van der Waals surface area contributed by atoms with Gasteiger partial charge in [-0.2, -0.15) is 0 Å². The van der Waals surface area contributed by atoms with Crippen LogP contribution in [-0.2, 0) is 28.6 Å². The maximum atomic E-state index is 12.9. The smallest absolute Gasteiger partial charge is 0.306 e. The molecule has 0 radical (unpaired) electrons. The monoisotopic (exact) mass is 1130 g/mol. The first-order valence-corrected chi connectivity index (χ1v) is 35.4. The highest BCUT2D eigenvalue weighted by molar-refractivity contribution is 5.71. The number of hydrogen-bond donors (Lipinski definition) is 0. The summed E-state index contributed by atoms with van der Waals surface area (Å²) in [5.74, 6) is -0.914. The molecule has 1 unspecified atom stereocenters. The molecule has 0 saturated heterocycles. The molecule has 1 atom stereocenters. The van der Waals surface area contributed by atoms with Gasteiger partial charge in [0.1, 0.15) is 13.2 Å². The van der Waals surface area contributed by atoms with E-state index in [9.17, 15) is 14.4 Å². The molecule has 0 aromatic carbocycles. The van der Waals surface area contributed by atoms with Crippen molar-refractivity contribution in [3.05, 3.63) is 72.9 Å². The van der Waals surface area contributed by atoms with Crippen molar-refractivity contribution in [1.82, 2.24) is 0 Å². The molecule has 81 heavy (non-hydrogen) atoms. The van der Waals surface area contributed by atoms with Crippen LogP contribution in [0, 0.1) is 0 Å². The van der Waals surface area contributed by atoms with Crippen molar-refractivity contribution in [2.75, 3.05) is 13.2 Å². The third-order valence-corrected chi connectivity index (χ3v) is 15.7. The van der Waals surface area contributed by atoms with Crippen molar-refractivity contribution < 1.29 is 28.6 Å². The lowest BCUT2D eigenvalue weighted by molar-refractivity contribution is -0.167. The maximum absolute atomic E-state index is 12.9. The van der Waals surface area contributed by atoms with Crippen molar-refractivity contribution in [2.24, 2.45) is 0 Å². The van der Waals surface area contributed by atoms with Crippen molar-refractivity contribution in [1.29, 1.82) is 0 Å². The molecular formula is C75H134O6. The van der Waals surface area contributed by atoms with Crippen LogP contribution in [0.4, 0.5) is 0 Å². The van der Waals surface area contributed by atoms with Gasteiger partial charge in [0.2, 0.25) is 0 Å². The summed E-state index contributed by atoms with van der Waals surface area (Å²) in [6.07, 6.45) is 91.0. The number of carbonyl (C=O) groups excluding carboxylic acids is 3. The van der Waals surface area contributed by atoms with Gasteiger partial charge < -0.3 is 14.2 Å². The van der Waals surface area contributed by atoms with Gasteiger partial charge in [0.05, 0.1) is 0 Å². The van der Waals surface area contributed by atoms with Crippen molar-refractivity contribution in [3.8, 4) is 0 Å². The summed E-state index contributed by atoms with van der Waals surface area (Å²) in [5, 5.41) is 0. The molecule has 0 aliphatic rings. The summed E-state index contributed by atoms with van der Waals surface area (Å²) >= 11 is 0. The second kappa shape index (κ2) is 69.3. The SMILES string of the molecule is CC/C=C\C/C=C\C/C=C\C/C=C\C/C=C\C/C=C\CCCCC(=O)OC(COC(=O)CCCCCCCCCCCCC)COC(=O)CCCCCCCCCCCCCCCCCCCCCCCCCCCCCCCCC. The van der Waals surface area contributed by atoms with Gasteiger partial charge in [-0.05, 0) is 70.6 Å². The fraction of sp³-hybridized carbons (Fsp3) is 0.800. The zero-order valence-electron chi connectivity index (χ0n) is 54.1. The summed E-state index contributed by atoms with van der Waals surface area (Å²) in [5.41, 5.74) is 0. The van der Waals surface area contributed by atoms with E-state index in [1.807, 2.05) is 0 Å². The lowest BCUT2D eigenvalue weighted by Crippen LogP contribution is -2.30. The zero-order valence-corrected chi connectivity index (χ0v) is 54.1. The minimum absolute atomic E-state index is 0.0888. The molecule has 0 aromatic rings. The predicted octanol–water partition coefficient (Wildman–Crippen LogP) is 24.4. The van der Waals surface area contributed by atoms with Gasteiger partial charge in [-0.25, -0.2) is 0 Å². The first kappa shape index (κ1) is 77.9. The number of carbonyl (C=O) groups is 3. The molecule has 0 N–H and O–H groups in total. The quantitative estimate of drug-likeness (QED) is 0.0261. The standard InChI is InChI=1S/C75H134O6/c1-4-7-10-13-16-19-22-24-26-28-30-32-33-34-35-36-37-38-39-40-41-43-44-46-48-50-53-56-59-62-65-68-74(77)80-71-72(70-79-73(76)67-64-61-58-55-52-21-18-15-12-9-6-3)81-75(78)69-66-63-60-57-54-51-49-47-45-42-31-29-27-25-23-20-17-14-11-8-5-2/h8,11,17,20,25,27,31,42,47,49,54,57,72H,4-7,9-10,12-16,18-19,21-24,26,28-30,32-41,43-46,48,50-53,55-56,58-71H2,1-3H3/b11-8-,20-17-,27-25-,42-31-,49-47-,57-54-. The third-order valence-electron chi connectivity index (χ3n) is 15.7. The molecule has 0 spiro atoms. The number of esters is 3.